The van der Waals surface area contributed by atoms with Crippen molar-refractivity contribution >= 4 is 17.7 Å². The van der Waals surface area contributed by atoms with E-state index in [9.17, 15) is 18.4 Å². The fraction of sp³-hybridized carbons (Fsp3) is 0.467. The van der Waals surface area contributed by atoms with Crippen LogP contribution in [0, 0.1) is 11.6 Å². The molecule has 3 N–H and O–H groups in total. The molecule has 0 heterocycles. The maximum atomic E-state index is 13.4. The summed E-state index contributed by atoms with van der Waals surface area (Å²) in [5, 5.41) is 13.8. The second kappa shape index (κ2) is 7.36. The van der Waals surface area contributed by atoms with E-state index in [-0.39, 0.29) is 24.3 Å². The zero-order valence-corrected chi connectivity index (χ0v) is 12.7. The van der Waals surface area contributed by atoms with Crippen LogP contribution in [0.2, 0.25) is 0 Å². The quantitative estimate of drug-likeness (QED) is 0.747. The number of urea groups is 1. The largest absolute Gasteiger partial charge is 0.480 e. The minimum atomic E-state index is -0.882. The molecule has 0 atom stereocenters. The van der Waals surface area contributed by atoms with Crippen LogP contribution in [0.25, 0.3) is 0 Å². The van der Waals surface area contributed by atoms with E-state index in [4.69, 9.17) is 5.11 Å². The summed E-state index contributed by atoms with van der Waals surface area (Å²) >= 11 is 0. The molecule has 8 heteroatoms. The minimum absolute atomic E-state index is 0.0269. The number of nitrogens with one attached hydrogen (secondary N) is 2. The van der Waals surface area contributed by atoms with E-state index in [1.54, 1.807) is 0 Å². The molecule has 0 radical (unpaired) electrons. The van der Waals surface area contributed by atoms with Crippen molar-refractivity contribution in [3.8, 4) is 0 Å². The Kier molecular flexibility index (Phi) is 5.49. The van der Waals surface area contributed by atoms with E-state index in [2.05, 4.69) is 10.6 Å². The third-order valence-corrected chi connectivity index (χ3v) is 3.89. The predicted octanol–water partition coefficient (Wildman–Crippen LogP) is 2.02. The summed E-state index contributed by atoms with van der Waals surface area (Å²) < 4.78 is 26.2. The Bertz CT molecular complexity index is 591. The van der Waals surface area contributed by atoms with Crippen molar-refractivity contribution in [2.24, 2.45) is 0 Å². The summed E-state index contributed by atoms with van der Waals surface area (Å²) in [7, 11) is 0. The number of aliphatic carboxylic acids is 1. The molecule has 1 fully saturated rings. The number of benzene rings is 1. The van der Waals surface area contributed by atoms with Crippen LogP contribution in [0.1, 0.15) is 19.8 Å². The Hall–Kier alpha value is -2.22. The zero-order chi connectivity index (χ0) is 17.0. The van der Waals surface area contributed by atoms with Gasteiger partial charge in [-0.25, -0.2) is 13.6 Å². The molecular formula is C15H19F2N3O3. The van der Waals surface area contributed by atoms with Crippen LogP contribution in [0.3, 0.4) is 0 Å². The highest BCUT2D eigenvalue weighted by Gasteiger charge is 2.34. The van der Waals surface area contributed by atoms with Gasteiger partial charge in [-0.15, -0.1) is 0 Å². The Balaban J connectivity index is 1.78. The normalized spacial score (nSPS) is 20.0. The average molecular weight is 327 g/mol. The second-order valence-electron chi connectivity index (χ2n) is 5.50. The molecule has 1 aliphatic rings. The molecule has 1 aromatic carbocycles. The van der Waals surface area contributed by atoms with Crippen LogP contribution in [-0.4, -0.2) is 47.2 Å². The smallest absolute Gasteiger partial charge is 0.319 e. The maximum absolute atomic E-state index is 13.4. The van der Waals surface area contributed by atoms with Gasteiger partial charge in [0.25, 0.3) is 0 Å². The summed E-state index contributed by atoms with van der Waals surface area (Å²) in [6, 6.07) is 2.36. The highest BCUT2D eigenvalue weighted by molar-refractivity contribution is 5.89. The number of anilines is 1. The fourth-order valence-corrected chi connectivity index (χ4v) is 2.61. The second-order valence-corrected chi connectivity index (χ2v) is 5.50. The lowest BCUT2D eigenvalue weighted by Crippen LogP contribution is -2.55. The van der Waals surface area contributed by atoms with Crippen molar-refractivity contribution in [2.75, 3.05) is 18.4 Å². The Morgan fingerprint density at radius 2 is 2.04 bits per heavy atom. The third-order valence-electron chi connectivity index (χ3n) is 3.89. The molecule has 0 aromatic heterocycles. The Labute approximate surface area is 132 Å². The number of carbonyl (C=O) groups excluding carboxylic acids is 1. The molecule has 23 heavy (non-hydrogen) atoms. The molecule has 2 amide bonds. The first-order valence-electron chi connectivity index (χ1n) is 7.37. The number of hydrogen-bond donors (Lipinski definition) is 3. The van der Waals surface area contributed by atoms with Crippen molar-refractivity contribution in [1.29, 1.82) is 0 Å². The van der Waals surface area contributed by atoms with Gasteiger partial charge in [0.1, 0.15) is 11.6 Å². The predicted molar refractivity (Wildman–Crippen MR) is 80.2 cm³/mol. The highest BCUT2D eigenvalue weighted by Crippen LogP contribution is 2.25. The van der Waals surface area contributed by atoms with Gasteiger partial charge in [-0.3, -0.25) is 9.69 Å². The molecule has 0 saturated heterocycles. The number of nitrogens with zero attached hydrogens (tertiary/aromatic N) is 1. The SMILES string of the molecule is CCN(CC(=O)O)C1CC(NC(=O)Nc2ccc(F)cc2F)C1. The monoisotopic (exact) mass is 327 g/mol. The number of rotatable bonds is 6. The number of amides is 2. The topological polar surface area (TPSA) is 81.7 Å². The molecule has 2 rings (SSSR count). The molecular weight excluding hydrogens is 308 g/mol. The number of likely N-dealkylation sites (N-methyl/N-ethyl adjacent to an activating group) is 1. The summed E-state index contributed by atoms with van der Waals surface area (Å²) in [5.74, 6) is -2.44. The van der Waals surface area contributed by atoms with E-state index in [1.165, 1.54) is 0 Å². The van der Waals surface area contributed by atoms with Gasteiger partial charge < -0.3 is 15.7 Å². The first-order valence-corrected chi connectivity index (χ1v) is 7.37. The molecule has 1 saturated carbocycles. The summed E-state index contributed by atoms with van der Waals surface area (Å²) in [4.78, 5) is 24.4. The number of hydrogen-bond acceptors (Lipinski definition) is 3. The van der Waals surface area contributed by atoms with Gasteiger partial charge in [0.05, 0.1) is 12.2 Å². The number of carboxylic acid groups (broad SMARTS) is 1. The first kappa shape index (κ1) is 17.1. The fourth-order valence-electron chi connectivity index (χ4n) is 2.61. The maximum Gasteiger partial charge on any atom is 0.319 e. The van der Waals surface area contributed by atoms with Gasteiger partial charge in [0.15, 0.2) is 0 Å². The van der Waals surface area contributed by atoms with Crippen molar-refractivity contribution in [2.45, 2.75) is 31.8 Å². The minimum Gasteiger partial charge on any atom is -0.480 e. The van der Waals surface area contributed by atoms with E-state index in [0.29, 0.717) is 25.5 Å². The van der Waals surface area contributed by atoms with Crippen molar-refractivity contribution < 1.29 is 23.5 Å². The van der Waals surface area contributed by atoms with Crippen LogP contribution < -0.4 is 10.6 Å². The first-order chi connectivity index (χ1) is 10.9. The summed E-state index contributed by atoms with van der Waals surface area (Å²) in [6.45, 7) is 2.48. The van der Waals surface area contributed by atoms with Crippen molar-refractivity contribution in [3.63, 3.8) is 0 Å². The number of halogens is 2. The van der Waals surface area contributed by atoms with E-state index < -0.39 is 23.6 Å². The van der Waals surface area contributed by atoms with E-state index in [0.717, 1.165) is 12.1 Å². The molecule has 0 bridgehead atoms. The van der Waals surface area contributed by atoms with Gasteiger partial charge in [0.2, 0.25) is 0 Å². The Morgan fingerprint density at radius 1 is 1.35 bits per heavy atom. The lowest BCUT2D eigenvalue weighted by Gasteiger charge is -2.42. The highest BCUT2D eigenvalue weighted by atomic mass is 19.1. The van der Waals surface area contributed by atoms with Gasteiger partial charge in [-0.2, -0.15) is 0 Å². The van der Waals surface area contributed by atoms with Gasteiger partial charge in [0, 0.05) is 18.2 Å². The van der Waals surface area contributed by atoms with Crippen LogP contribution in [0.4, 0.5) is 19.3 Å². The molecule has 0 unspecified atom stereocenters. The van der Waals surface area contributed by atoms with Gasteiger partial charge in [-0.05, 0) is 31.5 Å². The lowest BCUT2D eigenvalue weighted by molar-refractivity contribution is -0.139. The van der Waals surface area contributed by atoms with Gasteiger partial charge >= 0.3 is 12.0 Å². The third kappa shape index (κ3) is 4.62. The molecule has 1 aliphatic carbocycles. The van der Waals surface area contributed by atoms with E-state index in [1.807, 2.05) is 11.8 Å². The summed E-state index contributed by atoms with van der Waals surface area (Å²) in [6.07, 6.45) is 1.28. The van der Waals surface area contributed by atoms with Crippen LogP contribution in [-0.2, 0) is 4.79 Å². The molecule has 0 spiro atoms. The standard InChI is InChI=1S/C15H19F2N3O3/c1-2-20(8-14(21)22)11-6-10(7-11)18-15(23)19-13-4-3-9(16)5-12(13)17/h3-5,10-11H,2,6-8H2,1H3,(H,21,22)(H2,18,19,23). The van der Waals surface area contributed by atoms with E-state index >= 15 is 0 Å². The van der Waals surface area contributed by atoms with Gasteiger partial charge in [-0.1, -0.05) is 6.92 Å². The molecule has 126 valence electrons. The van der Waals surface area contributed by atoms with Crippen LogP contribution >= 0.6 is 0 Å². The Morgan fingerprint density at radius 3 is 2.61 bits per heavy atom. The molecule has 0 aliphatic heterocycles. The molecule has 6 nitrogen and oxygen atoms in total. The van der Waals surface area contributed by atoms with Crippen molar-refractivity contribution in [3.05, 3.63) is 29.8 Å². The average Bonchev–Trinajstić information content (AvgIpc) is 2.43. The zero-order valence-electron chi connectivity index (χ0n) is 12.7. The molecule has 1 aromatic rings. The van der Waals surface area contributed by atoms with Crippen LogP contribution in [0.15, 0.2) is 18.2 Å². The lowest BCUT2D eigenvalue weighted by atomic mass is 9.85. The van der Waals surface area contributed by atoms with Crippen molar-refractivity contribution in [1.82, 2.24) is 10.2 Å². The number of carbonyl (C=O) groups is 2. The van der Waals surface area contributed by atoms with Crippen LogP contribution in [0.5, 0.6) is 0 Å². The number of carboxylic acids is 1. The summed E-state index contributed by atoms with van der Waals surface area (Å²) in [5.41, 5.74) is -0.0964.